The summed E-state index contributed by atoms with van der Waals surface area (Å²) in [6, 6.07) is 7.18. The van der Waals surface area contributed by atoms with Crippen LogP contribution in [0.1, 0.15) is 12.8 Å². The van der Waals surface area contributed by atoms with Crippen molar-refractivity contribution in [1.29, 1.82) is 0 Å². The SMILES string of the molecule is O=C(COc1ccccc1Cl)N1CCCC1. The first kappa shape index (κ1) is 11.3. The molecule has 0 spiro atoms. The Morgan fingerprint density at radius 3 is 2.69 bits per heavy atom. The van der Waals surface area contributed by atoms with E-state index in [-0.39, 0.29) is 12.5 Å². The van der Waals surface area contributed by atoms with Crippen LogP contribution in [0.2, 0.25) is 5.02 Å². The highest BCUT2D eigenvalue weighted by molar-refractivity contribution is 6.32. The van der Waals surface area contributed by atoms with Gasteiger partial charge in [-0.05, 0) is 25.0 Å². The Kier molecular flexibility index (Phi) is 3.67. The molecule has 16 heavy (non-hydrogen) atoms. The second kappa shape index (κ2) is 5.21. The first-order valence-electron chi connectivity index (χ1n) is 5.42. The molecule has 1 saturated heterocycles. The van der Waals surface area contributed by atoms with E-state index in [1.54, 1.807) is 12.1 Å². The van der Waals surface area contributed by atoms with Crippen molar-refractivity contribution in [2.45, 2.75) is 12.8 Å². The molecule has 0 bridgehead atoms. The number of halogens is 1. The zero-order chi connectivity index (χ0) is 11.4. The van der Waals surface area contributed by atoms with Crippen LogP contribution in [0.4, 0.5) is 0 Å². The highest BCUT2D eigenvalue weighted by Gasteiger charge is 2.18. The van der Waals surface area contributed by atoms with Crippen molar-refractivity contribution in [1.82, 2.24) is 4.90 Å². The van der Waals surface area contributed by atoms with Crippen molar-refractivity contribution < 1.29 is 9.53 Å². The third-order valence-electron chi connectivity index (χ3n) is 2.65. The average Bonchev–Trinajstić information content (AvgIpc) is 2.81. The summed E-state index contributed by atoms with van der Waals surface area (Å²) in [6.45, 7) is 1.78. The molecule has 1 fully saturated rings. The Labute approximate surface area is 100.0 Å². The van der Waals surface area contributed by atoms with E-state index in [0.29, 0.717) is 10.8 Å². The van der Waals surface area contributed by atoms with E-state index in [1.807, 2.05) is 17.0 Å². The average molecular weight is 240 g/mol. The molecule has 3 nitrogen and oxygen atoms in total. The largest absolute Gasteiger partial charge is 0.482 e. The van der Waals surface area contributed by atoms with E-state index in [2.05, 4.69) is 0 Å². The van der Waals surface area contributed by atoms with Gasteiger partial charge >= 0.3 is 0 Å². The number of hydrogen-bond acceptors (Lipinski definition) is 2. The quantitative estimate of drug-likeness (QED) is 0.810. The van der Waals surface area contributed by atoms with E-state index in [4.69, 9.17) is 16.3 Å². The number of likely N-dealkylation sites (tertiary alicyclic amines) is 1. The van der Waals surface area contributed by atoms with Gasteiger partial charge < -0.3 is 9.64 Å². The zero-order valence-electron chi connectivity index (χ0n) is 8.99. The van der Waals surface area contributed by atoms with Crippen LogP contribution in [-0.4, -0.2) is 30.5 Å². The summed E-state index contributed by atoms with van der Waals surface area (Å²) in [5.74, 6) is 0.606. The predicted molar refractivity (Wildman–Crippen MR) is 62.8 cm³/mol. The third kappa shape index (κ3) is 2.67. The fourth-order valence-electron chi connectivity index (χ4n) is 1.76. The van der Waals surface area contributed by atoms with Crippen LogP contribution in [0, 0.1) is 0 Å². The molecule has 1 amide bonds. The van der Waals surface area contributed by atoms with Crippen molar-refractivity contribution >= 4 is 17.5 Å². The number of benzene rings is 1. The van der Waals surface area contributed by atoms with Crippen molar-refractivity contribution in [3.8, 4) is 5.75 Å². The summed E-state index contributed by atoms with van der Waals surface area (Å²) in [6.07, 6.45) is 2.19. The van der Waals surface area contributed by atoms with Gasteiger partial charge in [-0.15, -0.1) is 0 Å². The van der Waals surface area contributed by atoms with E-state index >= 15 is 0 Å². The Bertz CT molecular complexity index is 375. The van der Waals surface area contributed by atoms with Crippen LogP contribution in [0.5, 0.6) is 5.75 Å². The lowest BCUT2D eigenvalue weighted by Crippen LogP contribution is -2.32. The summed E-state index contributed by atoms with van der Waals surface area (Å²) in [4.78, 5) is 13.5. The smallest absolute Gasteiger partial charge is 0.260 e. The molecule has 0 unspecified atom stereocenters. The molecule has 0 saturated carbocycles. The number of ether oxygens (including phenoxy) is 1. The van der Waals surface area contributed by atoms with Gasteiger partial charge in [-0.1, -0.05) is 23.7 Å². The van der Waals surface area contributed by atoms with E-state index in [0.717, 1.165) is 25.9 Å². The van der Waals surface area contributed by atoms with Gasteiger partial charge in [-0.25, -0.2) is 0 Å². The lowest BCUT2D eigenvalue weighted by molar-refractivity contribution is -0.132. The van der Waals surface area contributed by atoms with Crippen LogP contribution in [0.3, 0.4) is 0 Å². The molecule has 1 aromatic rings. The maximum absolute atomic E-state index is 11.7. The lowest BCUT2D eigenvalue weighted by Gasteiger charge is -2.15. The summed E-state index contributed by atoms with van der Waals surface area (Å²) in [7, 11) is 0. The molecule has 0 radical (unpaired) electrons. The standard InChI is InChI=1S/C12H14ClNO2/c13-10-5-1-2-6-11(10)16-9-12(15)14-7-3-4-8-14/h1-2,5-6H,3-4,7-9H2. The maximum atomic E-state index is 11.7. The minimum Gasteiger partial charge on any atom is -0.482 e. The first-order chi connectivity index (χ1) is 7.77. The van der Waals surface area contributed by atoms with Gasteiger partial charge in [0.1, 0.15) is 5.75 Å². The molecule has 1 heterocycles. The van der Waals surface area contributed by atoms with E-state index in [9.17, 15) is 4.79 Å². The van der Waals surface area contributed by atoms with Crippen LogP contribution in [0.25, 0.3) is 0 Å². The minimum atomic E-state index is 0.0393. The first-order valence-corrected chi connectivity index (χ1v) is 5.80. The molecule has 0 aliphatic carbocycles. The Balaban J connectivity index is 1.87. The predicted octanol–water partition coefficient (Wildman–Crippen LogP) is 2.34. The molecule has 1 aliphatic rings. The molecule has 2 rings (SSSR count). The maximum Gasteiger partial charge on any atom is 0.260 e. The van der Waals surface area contributed by atoms with Gasteiger partial charge in [0, 0.05) is 13.1 Å². The topological polar surface area (TPSA) is 29.5 Å². The Hall–Kier alpha value is -1.22. The number of hydrogen-bond donors (Lipinski definition) is 0. The summed E-state index contributed by atoms with van der Waals surface area (Å²) < 4.78 is 5.39. The van der Waals surface area contributed by atoms with Gasteiger partial charge in [0.25, 0.3) is 5.91 Å². The van der Waals surface area contributed by atoms with Crippen molar-refractivity contribution in [3.05, 3.63) is 29.3 Å². The summed E-state index contributed by atoms with van der Waals surface area (Å²) in [5, 5.41) is 0.539. The molecule has 86 valence electrons. The normalized spacial score (nSPS) is 15.2. The Morgan fingerprint density at radius 1 is 1.31 bits per heavy atom. The van der Waals surface area contributed by atoms with Crippen LogP contribution >= 0.6 is 11.6 Å². The molecular formula is C12H14ClNO2. The number of carbonyl (C=O) groups is 1. The Morgan fingerprint density at radius 2 is 2.00 bits per heavy atom. The van der Waals surface area contributed by atoms with Crippen molar-refractivity contribution in [3.63, 3.8) is 0 Å². The van der Waals surface area contributed by atoms with Crippen molar-refractivity contribution in [2.24, 2.45) is 0 Å². The number of rotatable bonds is 3. The van der Waals surface area contributed by atoms with Crippen molar-refractivity contribution in [2.75, 3.05) is 19.7 Å². The molecule has 0 atom stereocenters. The van der Waals surface area contributed by atoms with E-state index in [1.165, 1.54) is 0 Å². The van der Waals surface area contributed by atoms with Gasteiger partial charge in [-0.3, -0.25) is 4.79 Å². The number of amides is 1. The third-order valence-corrected chi connectivity index (χ3v) is 2.96. The summed E-state index contributed by atoms with van der Waals surface area (Å²) >= 11 is 5.92. The zero-order valence-corrected chi connectivity index (χ0v) is 9.74. The van der Waals surface area contributed by atoms with Crippen LogP contribution < -0.4 is 4.74 Å². The van der Waals surface area contributed by atoms with E-state index < -0.39 is 0 Å². The molecule has 4 heteroatoms. The van der Waals surface area contributed by atoms with Gasteiger partial charge in [0.2, 0.25) is 0 Å². The number of nitrogens with zero attached hydrogens (tertiary/aromatic N) is 1. The fraction of sp³-hybridized carbons (Fsp3) is 0.417. The number of para-hydroxylation sites is 1. The van der Waals surface area contributed by atoms with Gasteiger partial charge in [-0.2, -0.15) is 0 Å². The molecule has 1 aromatic carbocycles. The molecule has 0 aromatic heterocycles. The highest BCUT2D eigenvalue weighted by Crippen LogP contribution is 2.23. The molecule has 0 N–H and O–H groups in total. The molecule has 1 aliphatic heterocycles. The lowest BCUT2D eigenvalue weighted by atomic mass is 10.3. The second-order valence-electron chi connectivity index (χ2n) is 3.81. The fourth-order valence-corrected chi connectivity index (χ4v) is 1.95. The summed E-state index contributed by atoms with van der Waals surface area (Å²) in [5.41, 5.74) is 0. The monoisotopic (exact) mass is 239 g/mol. The van der Waals surface area contributed by atoms with Crippen LogP contribution in [0.15, 0.2) is 24.3 Å². The van der Waals surface area contributed by atoms with Crippen LogP contribution in [-0.2, 0) is 4.79 Å². The van der Waals surface area contributed by atoms with Gasteiger partial charge in [0.15, 0.2) is 6.61 Å². The minimum absolute atomic E-state index is 0.0393. The second-order valence-corrected chi connectivity index (χ2v) is 4.21. The number of carbonyl (C=O) groups excluding carboxylic acids is 1. The molecular weight excluding hydrogens is 226 g/mol. The highest BCUT2D eigenvalue weighted by atomic mass is 35.5. The van der Waals surface area contributed by atoms with Gasteiger partial charge in [0.05, 0.1) is 5.02 Å².